The summed E-state index contributed by atoms with van der Waals surface area (Å²) in [7, 11) is -0.652. The zero-order valence-corrected chi connectivity index (χ0v) is 20.7. The van der Waals surface area contributed by atoms with Gasteiger partial charge in [-0.3, -0.25) is 0 Å². The van der Waals surface area contributed by atoms with Crippen LogP contribution in [0.15, 0.2) is 51.9 Å². The van der Waals surface area contributed by atoms with E-state index in [1.807, 2.05) is 26.0 Å². The van der Waals surface area contributed by atoms with Crippen LogP contribution in [-0.4, -0.2) is 43.1 Å². The maximum atomic E-state index is 13.5. The van der Waals surface area contributed by atoms with Gasteiger partial charge in [-0.2, -0.15) is 9.29 Å². The Kier molecular flexibility index (Phi) is 7.76. The van der Waals surface area contributed by atoms with Crippen LogP contribution >= 0.6 is 0 Å². The van der Waals surface area contributed by atoms with E-state index in [0.29, 0.717) is 35.2 Å². The van der Waals surface area contributed by atoms with Crippen LogP contribution in [0.4, 0.5) is 0 Å². The number of benzene rings is 2. The molecule has 3 rings (SSSR count). The summed E-state index contributed by atoms with van der Waals surface area (Å²) < 4.78 is 44.3. The first-order valence-electron chi connectivity index (χ1n) is 10.9. The van der Waals surface area contributed by atoms with E-state index >= 15 is 0 Å². The number of aromatic nitrogens is 2. The minimum Gasteiger partial charge on any atom is -0.493 e. The first-order chi connectivity index (χ1) is 15.7. The van der Waals surface area contributed by atoms with Crippen LogP contribution in [0.3, 0.4) is 0 Å². The highest BCUT2D eigenvalue weighted by molar-refractivity contribution is 7.89. The molecule has 0 bridgehead atoms. The molecule has 0 amide bonds. The van der Waals surface area contributed by atoms with Gasteiger partial charge in [0.1, 0.15) is 0 Å². The van der Waals surface area contributed by atoms with Gasteiger partial charge in [-0.25, -0.2) is 8.42 Å². The van der Waals surface area contributed by atoms with Gasteiger partial charge >= 0.3 is 0 Å². The number of ether oxygens (including phenoxy) is 2. The number of rotatable bonds is 10. The predicted octanol–water partition coefficient (Wildman–Crippen LogP) is 4.87. The van der Waals surface area contributed by atoms with Gasteiger partial charge < -0.3 is 14.0 Å². The Bertz CT molecular complexity index is 1170. The number of hydrogen-bond donors (Lipinski definition) is 0. The fourth-order valence-corrected chi connectivity index (χ4v) is 5.04. The summed E-state index contributed by atoms with van der Waals surface area (Å²) in [6, 6.07) is 12.0. The van der Waals surface area contributed by atoms with Crippen molar-refractivity contribution in [2.45, 2.75) is 57.5 Å². The summed E-state index contributed by atoms with van der Waals surface area (Å²) >= 11 is 0. The van der Waals surface area contributed by atoms with Crippen LogP contribution in [0, 0.1) is 0 Å². The van der Waals surface area contributed by atoms with E-state index in [2.05, 4.69) is 24.0 Å². The van der Waals surface area contributed by atoms with Gasteiger partial charge in [0.2, 0.25) is 21.7 Å². The third-order valence-electron chi connectivity index (χ3n) is 5.64. The molecule has 2 aromatic carbocycles. The summed E-state index contributed by atoms with van der Waals surface area (Å²) in [6.45, 7) is 7.92. The molecule has 3 aromatic rings. The Hall–Kier alpha value is -2.91. The molecule has 0 fully saturated rings. The lowest BCUT2D eigenvalue weighted by Crippen LogP contribution is -2.37. The molecule has 33 heavy (non-hydrogen) atoms. The van der Waals surface area contributed by atoms with Crippen LogP contribution < -0.4 is 9.47 Å². The van der Waals surface area contributed by atoms with Crippen LogP contribution in [0.25, 0.3) is 11.4 Å². The molecule has 0 radical (unpaired) electrons. The first kappa shape index (κ1) is 24.7. The van der Waals surface area contributed by atoms with Gasteiger partial charge in [-0.05, 0) is 55.2 Å². The van der Waals surface area contributed by atoms with Gasteiger partial charge in [0, 0.05) is 11.6 Å². The topological polar surface area (TPSA) is 94.8 Å². The largest absolute Gasteiger partial charge is 0.493 e. The van der Waals surface area contributed by atoms with E-state index in [9.17, 15) is 8.42 Å². The second kappa shape index (κ2) is 10.4. The molecule has 178 valence electrons. The van der Waals surface area contributed by atoms with Crippen LogP contribution in [0.5, 0.6) is 11.5 Å². The van der Waals surface area contributed by atoms with Crippen molar-refractivity contribution in [3.63, 3.8) is 0 Å². The van der Waals surface area contributed by atoms with Crippen molar-refractivity contribution >= 4 is 10.0 Å². The quantitative estimate of drug-likeness (QED) is 0.415. The molecule has 0 aliphatic rings. The fourth-order valence-electron chi connectivity index (χ4n) is 3.39. The standard InChI is InChI=1S/C24H31N3O5S/c1-7-17(4)27(33(28,29)20-11-8-18(9-12-20)16(2)3)15-23-25-24(26-32-23)19-10-13-21(30-5)22(14-19)31-6/h8-14,16-17H,7,15H2,1-6H3/t17-/m0/s1. The summed E-state index contributed by atoms with van der Waals surface area (Å²) in [5, 5.41) is 4.04. The molecule has 9 heteroatoms. The molecule has 0 spiro atoms. The third-order valence-corrected chi connectivity index (χ3v) is 7.61. The highest BCUT2D eigenvalue weighted by Gasteiger charge is 2.30. The summed E-state index contributed by atoms with van der Waals surface area (Å²) in [5.41, 5.74) is 1.75. The van der Waals surface area contributed by atoms with Crippen molar-refractivity contribution in [1.82, 2.24) is 14.4 Å². The van der Waals surface area contributed by atoms with E-state index in [1.54, 1.807) is 44.6 Å². The number of methoxy groups -OCH3 is 2. The SMILES string of the molecule is CC[C@H](C)N(Cc1nc(-c2ccc(OC)c(OC)c2)no1)S(=O)(=O)c1ccc(C(C)C)cc1. The molecular formula is C24H31N3O5S. The molecule has 0 aliphatic heterocycles. The van der Waals surface area contributed by atoms with E-state index < -0.39 is 10.0 Å². The van der Waals surface area contributed by atoms with Gasteiger partial charge in [0.05, 0.1) is 25.7 Å². The minimum absolute atomic E-state index is 0.0242. The zero-order valence-electron chi connectivity index (χ0n) is 19.9. The van der Waals surface area contributed by atoms with Crippen molar-refractivity contribution < 1.29 is 22.4 Å². The second-order valence-corrected chi connectivity index (χ2v) is 10.0. The summed E-state index contributed by atoms with van der Waals surface area (Å²) in [6.07, 6.45) is 0.639. The lowest BCUT2D eigenvalue weighted by Gasteiger charge is -2.26. The van der Waals surface area contributed by atoms with E-state index in [1.165, 1.54) is 4.31 Å². The van der Waals surface area contributed by atoms with E-state index in [0.717, 1.165) is 5.56 Å². The second-order valence-electron chi connectivity index (χ2n) is 8.11. The van der Waals surface area contributed by atoms with Crippen molar-refractivity contribution in [3.05, 3.63) is 53.9 Å². The number of nitrogens with zero attached hydrogens (tertiary/aromatic N) is 3. The van der Waals surface area contributed by atoms with Crippen molar-refractivity contribution in [2.24, 2.45) is 0 Å². The van der Waals surface area contributed by atoms with Gasteiger partial charge in [-0.1, -0.05) is 38.1 Å². The average Bonchev–Trinajstić information content (AvgIpc) is 3.30. The monoisotopic (exact) mass is 473 g/mol. The Labute approximate surface area is 195 Å². The van der Waals surface area contributed by atoms with Crippen LogP contribution in [0.2, 0.25) is 0 Å². The number of hydrogen-bond acceptors (Lipinski definition) is 7. The van der Waals surface area contributed by atoms with Gasteiger partial charge in [-0.15, -0.1) is 0 Å². The lowest BCUT2D eigenvalue weighted by atomic mass is 10.0. The summed E-state index contributed by atoms with van der Waals surface area (Å²) in [4.78, 5) is 4.67. The normalized spacial score (nSPS) is 12.8. The lowest BCUT2D eigenvalue weighted by molar-refractivity contribution is 0.272. The molecule has 8 nitrogen and oxygen atoms in total. The minimum atomic E-state index is -3.76. The molecule has 0 saturated carbocycles. The molecule has 0 N–H and O–H groups in total. The van der Waals surface area contributed by atoms with Crippen LogP contribution in [0.1, 0.15) is 51.5 Å². The van der Waals surface area contributed by atoms with Crippen molar-refractivity contribution in [1.29, 1.82) is 0 Å². The van der Waals surface area contributed by atoms with Crippen LogP contribution in [-0.2, 0) is 16.6 Å². The highest BCUT2D eigenvalue weighted by Crippen LogP contribution is 2.31. The zero-order chi connectivity index (χ0) is 24.2. The molecule has 0 unspecified atom stereocenters. The molecule has 1 heterocycles. The molecule has 1 atom stereocenters. The predicted molar refractivity (Wildman–Crippen MR) is 126 cm³/mol. The molecular weight excluding hydrogens is 442 g/mol. The Morgan fingerprint density at radius 1 is 1.00 bits per heavy atom. The highest BCUT2D eigenvalue weighted by atomic mass is 32.2. The van der Waals surface area contributed by atoms with Gasteiger partial charge in [0.15, 0.2) is 11.5 Å². The van der Waals surface area contributed by atoms with Crippen molar-refractivity contribution in [2.75, 3.05) is 14.2 Å². The Morgan fingerprint density at radius 2 is 1.67 bits per heavy atom. The average molecular weight is 474 g/mol. The van der Waals surface area contributed by atoms with Crippen molar-refractivity contribution in [3.8, 4) is 22.9 Å². The number of sulfonamides is 1. The molecule has 0 aliphatic carbocycles. The third kappa shape index (κ3) is 5.36. The molecule has 1 aromatic heterocycles. The Morgan fingerprint density at radius 3 is 2.24 bits per heavy atom. The van der Waals surface area contributed by atoms with Gasteiger partial charge in [0.25, 0.3) is 0 Å². The summed E-state index contributed by atoms with van der Waals surface area (Å²) in [5.74, 6) is 1.99. The Balaban J connectivity index is 1.89. The maximum absolute atomic E-state index is 13.5. The maximum Gasteiger partial charge on any atom is 0.243 e. The van der Waals surface area contributed by atoms with E-state index in [4.69, 9.17) is 14.0 Å². The molecule has 0 saturated heterocycles. The fraction of sp³-hybridized carbons (Fsp3) is 0.417. The van der Waals surface area contributed by atoms with E-state index in [-0.39, 0.29) is 23.4 Å². The smallest absolute Gasteiger partial charge is 0.243 e. The first-order valence-corrected chi connectivity index (χ1v) is 12.3.